The first kappa shape index (κ1) is 15.4. The van der Waals surface area contributed by atoms with Crippen LogP contribution in [0.25, 0.3) is 0 Å². The van der Waals surface area contributed by atoms with E-state index in [2.05, 4.69) is 20.8 Å². The summed E-state index contributed by atoms with van der Waals surface area (Å²) in [5, 5.41) is 0.872. The molecule has 2 rings (SSSR count). The summed E-state index contributed by atoms with van der Waals surface area (Å²) in [7, 11) is 1.65. The second kappa shape index (κ2) is 7.67. The molecule has 1 fully saturated rings. The summed E-state index contributed by atoms with van der Waals surface area (Å²) in [4.78, 5) is 14.6. The molecule has 0 aliphatic carbocycles. The molecule has 1 aromatic rings. The number of rotatable bonds is 4. The zero-order chi connectivity index (χ0) is 14.4. The number of halogens is 1. The molecule has 0 saturated carbocycles. The molecule has 0 bridgehead atoms. The van der Waals surface area contributed by atoms with Crippen molar-refractivity contribution < 1.29 is 9.53 Å². The predicted molar refractivity (Wildman–Crippen MR) is 84.5 cm³/mol. The maximum Gasteiger partial charge on any atom is 0.227 e. The number of benzene rings is 1. The van der Waals surface area contributed by atoms with E-state index in [1.165, 1.54) is 12.8 Å². The Bertz CT molecular complexity index is 450. The molecular weight excluding hydrogens is 318 g/mol. The molecule has 0 N–H and O–H groups in total. The third kappa shape index (κ3) is 3.98. The SMILES string of the molecule is COc1cccc(CC(=O)N2CCCCCC2CBr)c1. The lowest BCUT2D eigenvalue weighted by atomic mass is 10.1. The molecule has 20 heavy (non-hydrogen) atoms. The van der Waals surface area contributed by atoms with Gasteiger partial charge in [0.25, 0.3) is 0 Å². The number of carbonyl (C=O) groups excluding carboxylic acids is 1. The van der Waals surface area contributed by atoms with Gasteiger partial charge in [0.15, 0.2) is 0 Å². The summed E-state index contributed by atoms with van der Waals surface area (Å²) in [6.07, 6.45) is 5.13. The molecular formula is C16H22BrNO2. The molecule has 1 aromatic carbocycles. The minimum atomic E-state index is 0.226. The second-order valence-corrected chi connectivity index (χ2v) is 5.92. The highest BCUT2D eigenvalue weighted by molar-refractivity contribution is 9.09. The molecule has 1 atom stereocenters. The number of likely N-dealkylation sites (tertiary alicyclic amines) is 1. The summed E-state index contributed by atoms with van der Waals surface area (Å²) in [5.41, 5.74) is 1.02. The van der Waals surface area contributed by atoms with E-state index < -0.39 is 0 Å². The summed E-state index contributed by atoms with van der Waals surface area (Å²) in [6, 6.07) is 8.11. The molecule has 3 nitrogen and oxygen atoms in total. The standard InChI is InChI=1S/C16H22BrNO2/c1-20-15-8-5-6-13(10-15)11-16(19)18-9-4-2-3-7-14(18)12-17/h5-6,8,10,14H,2-4,7,9,11-12H2,1H3. The fourth-order valence-electron chi connectivity index (χ4n) is 2.72. The van der Waals surface area contributed by atoms with Gasteiger partial charge in [-0.1, -0.05) is 40.9 Å². The van der Waals surface area contributed by atoms with E-state index in [9.17, 15) is 4.79 Å². The van der Waals surface area contributed by atoms with Crippen LogP contribution in [0.3, 0.4) is 0 Å². The van der Waals surface area contributed by atoms with Crippen LogP contribution in [0.15, 0.2) is 24.3 Å². The number of nitrogens with zero attached hydrogens (tertiary/aromatic N) is 1. The first-order chi connectivity index (χ1) is 9.74. The van der Waals surface area contributed by atoms with Crippen molar-refractivity contribution in [1.29, 1.82) is 0 Å². The minimum absolute atomic E-state index is 0.226. The van der Waals surface area contributed by atoms with Crippen LogP contribution in [0.2, 0.25) is 0 Å². The highest BCUT2D eigenvalue weighted by Crippen LogP contribution is 2.20. The summed E-state index contributed by atoms with van der Waals surface area (Å²) in [5.74, 6) is 1.04. The molecule has 1 amide bonds. The van der Waals surface area contributed by atoms with E-state index in [-0.39, 0.29) is 5.91 Å². The zero-order valence-corrected chi connectivity index (χ0v) is 13.6. The van der Waals surface area contributed by atoms with Crippen LogP contribution < -0.4 is 4.74 Å². The van der Waals surface area contributed by atoms with Crippen LogP contribution in [0.4, 0.5) is 0 Å². The molecule has 0 radical (unpaired) electrons. The fraction of sp³-hybridized carbons (Fsp3) is 0.562. The average molecular weight is 340 g/mol. The van der Waals surface area contributed by atoms with Crippen LogP contribution in [0.1, 0.15) is 31.2 Å². The van der Waals surface area contributed by atoms with Crippen molar-refractivity contribution in [2.24, 2.45) is 0 Å². The Morgan fingerprint density at radius 3 is 3.00 bits per heavy atom. The van der Waals surface area contributed by atoms with E-state index >= 15 is 0 Å². The van der Waals surface area contributed by atoms with Crippen molar-refractivity contribution in [2.45, 2.75) is 38.1 Å². The molecule has 1 aliphatic heterocycles. The molecule has 0 aromatic heterocycles. The molecule has 110 valence electrons. The van der Waals surface area contributed by atoms with Crippen molar-refractivity contribution >= 4 is 21.8 Å². The van der Waals surface area contributed by atoms with Gasteiger partial charge in [0, 0.05) is 17.9 Å². The van der Waals surface area contributed by atoms with Gasteiger partial charge >= 0.3 is 0 Å². The number of methoxy groups -OCH3 is 1. The lowest BCUT2D eigenvalue weighted by Crippen LogP contribution is -2.41. The van der Waals surface area contributed by atoms with Gasteiger partial charge in [0.05, 0.1) is 13.5 Å². The molecule has 0 spiro atoms. The minimum Gasteiger partial charge on any atom is -0.497 e. The van der Waals surface area contributed by atoms with E-state index in [4.69, 9.17) is 4.74 Å². The lowest BCUT2D eigenvalue weighted by Gasteiger charge is -2.29. The molecule has 1 saturated heterocycles. The predicted octanol–water partition coefficient (Wildman–Crippen LogP) is 3.40. The number of carbonyl (C=O) groups is 1. The Kier molecular flexibility index (Phi) is 5.89. The first-order valence-electron chi connectivity index (χ1n) is 7.23. The van der Waals surface area contributed by atoms with E-state index in [1.54, 1.807) is 7.11 Å². The highest BCUT2D eigenvalue weighted by Gasteiger charge is 2.24. The lowest BCUT2D eigenvalue weighted by molar-refractivity contribution is -0.132. The highest BCUT2D eigenvalue weighted by atomic mass is 79.9. The maximum absolute atomic E-state index is 12.6. The number of amides is 1. The Hall–Kier alpha value is -1.03. The number of hydrogen-bond acceptors (Lipinski definition) is 2. The van der Waals surface area contributed by atoms with Gasteiger partial charge in [-0.15, -0.1) is 0 Å². The first-order valence-corrected chi connectivity index (χ1v) is 8.35. The van der Waals surface area contributed by atoms with Gasteiger partial charge in [0.1, 0.15) is 5.75 Å². The molecule has 1 unspecified atom stereocenters. The average Bonchev–Trinajstić information content (AvgIpc) is 2.72. The van der Waals surface area contributed by atoms with Crippen molar-refractivity contribution in [3.05, 3.63) is 29.8 Å². The number of hydrogen-bond donors (Lipinski definition) is 0. The molecule has 1 aliphatic rings. The monoisotopic (exact) mass is 339 g/mol. The molecule has 4 heteroatoms. The van der Waals surface area contributed by atoms with Crippen LogP contribution >= 0.6 is 15.9 Å². The number of alkyl halides is 1. The Balaban J connectivity index is 2.05. The largest absolute Gasteiger partial charge is 0.497 e. The van der Waals surface area contributed by atoms with Crippen LogP contribution in [-0.2, 0) is 11.2 Å². The van der Waals surface area contributed by atoms with Crippen LogP contribution in [0.5, 0.6) is 5.75 Å². The van der Waals surface area contributed by atoms with Gasteiger partial charge in [-0.3, -0.25) is 4.79 Å². The third-order valence-electron chi connectivity index (χ3n) is 3.87. The third-order valence-corrected chi connectivity index (χ3v) is 4.61. The summed E-state index contributed by atoms with van der Waals surface area (Å²) in [6.45, 7) is 0.888. The zero-order valence-electron chi connectivity index (χ0n) is 12.0. The van der Waals surface area contributed by atoms with Gasteiger partial charge in [0.2, 0.25) is 5.91 Å². The maximum atomic E-state index is 12.6. The topological polar surface area (TPSA) is 29.5 Å². The van der Waals surface area contributed by atoms with E-state index in [1.807, 2.05) is 24.3 Å². The van der Waals surface area contributed by atoms with Gasteiger partial charge < -0.3 is 9.64 Å². The van der Waals surface area contributed by atoms with Crippen molar-refractivity contribution in [3.8, 4) is 5.75 Å². The quantitative estimate of drug-likeness (QED) is 0.786. The van der Waals surface area contributed by atoms with Crippen LogP contribution in [-0.4, -0.2) is 35.8 Å². The van der Waals surface area contributed by atoms with Gasteiger partial charge in [-0.05, 0) is 30.5 Å². The Morgan fingerprint density at radius 2 is 2.25 bits per heavy atom. The summed E-state index contributed by atoms with van der Waals surface area (Å²) >= 11 is 3.55. The molecule has 1 heterocycles. The van der Waals surface area contributed by atoms with Gasteiger partial charge in [-0.25, -0.2) is 0 Å². The van der Waals surface area contributed by atoms with E-state index in [0.717, 1.165) is 36.0 Å². The second-order valence-electron chi connectivity index (χ2n) is 5.27. The smallest absolute Gasteiger partial charge is 0.227 e. The van der Waals surface area contributed by atoms with E-state index in [0.29, 0.717) is 12.5 Å². The Labute approximate surface area is 129 Å². The van der Waals surface area contributed by atoms with Gasteiger partial charge in [-0.2, -0.15) is 0 Å². The Morgan fingerprint density at radius 1 is 1.40 bits per heavy atom. The van der Waals surface area contributed by atoms with Crippen LogP contribution in [0, 0.1) is 0 Å². The van der Waals surface area contributed by atoms with Crippen molar-refractivity contribution in [3.63, 3.8) is 0 Å². The number of ether oxygens (including phenoxy) is 1. The summed E-state index contributed by atoms with van der Waals surface area (Å²) < 4.78 is 5.21. The normalized spacial score (nSPS) is 19.5. The fourth-order valence-corrected chi connectivity index (χ4v) is 3.40. The van der Waals surface area contributed by atoms with Crippen molar-refractivity contribution in [2.75, 3.05) is 19.0 Å². The van der Waals surface area contributed by atoms with Crippen molar-refractivity contribution in [1.82, 2.24) is 4.90 Å².